The van der Waals surface area contributed by atoms with Crippen LogP contribution in [-0.4, -0.2) is 50.7 Å². The Labute approximate surface area is 160 Å². The average molecular weight is 376 g/mol. The molecule has 0 radical (unpaired) electrons. The summed E-state index contributed by atoms with van der Waals surface area (Å²) in [5.74, 6) is 1.22. The average Bonchev–Trinajstić information content (AvgIpc) is 2.70. The number of aliphatic hydroxyl groups is 2. The lowest BCUT2D eigenvalue weighted by molar-refractivity contribution is 0.0455. The number of hydrogen-bond acceptors (Lipinski definition) is 6. The van der Waals surface area contributed by atoms with Crippen molar-refractivity contribution in [1.82, 2.24) is 0 Å². The largest absolute Gasteiger partial charge is 0.467 e. The first kappa shape index (κ1) is 21.2. The van der Waals surface area contributed by atoms with Gasteiger partial charge in [0.05, 0.1) is 12.7 Å². The zero-order valence-corrected chi connectivity index (χ0v) is 16.1. The molecule has 0 amide bonds. The van der Waals surface area contributed by atoms with Gasteiger partial charge in [0, 0.05) is 32.3 Å². The molecule has 2 aromatic rings. The van der Waals surface area contributed by atoms with Gasteiger partial charge in [-0.2, -0.15) is 0 Å². The van der Waals surface area contributed by atoms with Crippen LogP contribution < -0.4 is 9.47 Å². The summed E-state index contributed by atoms with van der Waals surface area (Å²) in [6.07, 6.45) is 0.0830. The zero-order valence-electron chi connectivity index (χ0n) is 16.1. The van der Waals surface area contributed by atoms with Gasteiger partial charge in [-0.1, -0.05) is 37.3 Å². The summed E-state index contributed by atoms with van der Waals surface area (Å²) in [4.78, 5) is 0. The number of methoxy groups -OCH3 is 2. The van der Waals surface area contributed by atoms with Gasteiger partial charge in [-0.15, -0.1) is 0 Å². The van der Waals surface area contributed by atoms with E-state index in [-0.39, 0.29) is 26.6 Å². The van der Waals surface area contributed by atoms with Gasteiger partial charge in [-0.05, 0) is 23.1 Å². The van der Waals surface area contributed by atoms with Crippen molar-refractivity contribution in [2.45, 2.75) is 25.9 Å². The molecule has 6 nitrogen and oxygen atoms in total. The van der Waals surface area contributed by atoms with Crippen LogP contribution in [0.2, 0.25) is 0 Å². The number of aliphatic hydroxyl groups excluding tert-OH is 2. The summed E-state index contributed by atoms with van der Waals surface area (Å²) in [5.41, 5.74) is 3.65. The minimum absolute atomic E-state index is 0.0804. The Morgan fingerprint density at radius 2 is 1.56 bits per heavy atom. The van der Waals surface area contributed by atoms with E-state index in [2.05, 4.69) is 0 Å². The predicted molar refractivity (Wildman–Crippen MR) is 103 cm³/mol. The summed E-state index contributed by atoms with van der Waals surface area (Å²) >= 11 is 0. The molecular weight excluding hydrogens is 348 g/mol. The fourth-order valence-electron chi connectivity index (χ4n) is 3.05. The molecule has 0 fully saturated rings. The molecule has 0 bridgehead atoms. The molecular formula is C21H28O6. The van der Waals surface area contributed by atoms with Crippen LogP contribution >= 0.6 is 0 Å². The maximum atomic E-state index is 10.2. The van der Waals surface area contributed by atoms with E-state index in [0.29, 0.717) is 17.9 Å². The Morgan fingerprint density at radius 1 is 0.926 bits per heavy atom. The minimum Gasteiger partial charge on any atom is -0.467 e. The van der Waals surface area contributed by atoms with Gasteiger partial charge >= 0.3 is 0 Å². The van der Waals surface area contributed by atoms with Crippen molar-refractivity contribution in [3.63, 3.8) is 0 Å². The van der Waals surface area contributed by atoms with E-state index in [9.17, 15) is 10.2 Å². The summed E-state index contributed by atoms with van der Waals surface area (Å²) in [6, 6.07) is 11.6. The van der Waals surface area contributed by atoms with Gasteiger partial charge < -0.3 is 29.2 Å². The Balaban J connectivity index is 2.70. The van der Waals surface area contributed by atoms with Crippen molar-refractivity contribution < 1.29 is 29.2 Å². The zero-order chi connectivity index (χ0) is 19.6. The van der Waals surface area contributed by atoms with Crippen molar-refractivity contribution in [3.8, 4) is 22.6 Å². The SMILES string of the molecule is CCc1c(OCOC)cc(OCOC)c(-c2ccccc2)c1CC(O)CO. The van der Waals surface area contributed by atoms with Crippen LogP contribution in [0.4, 0.5) is 0 Å². The van der Waals surface area contributed by atoms with Gasteiger partial charge in [0.2, 0.25) is 0 Å². The molecule has 2 aromatic carbocycles. The highest BCUT2D eigenvalue weighted by molar-refractivity contribution is 5.77. The van der Waals surface area contributed by atoms with Crippen LogP contribution in [-0.2, 0) is 22.3 Å². The molecule has 0 aliphatic heterocycles. The van der Waals surface area contributed by atoms with Crippen LogP contribution in [0.25, 0.3) is 11.1 Å². The molecule has 2 N–H and O–H groups in total. The van der Waals surface area contributed by atoms with E-state index in [0.717, 1.165) is 22.3 Å². The lowest BCUT2D eigenvalue weighted by Crippen LogP contribution is -2.18. The monoisotopic (exact) mass is 376 g/mol. The van der Waals surface area contributed by atoms with E-state index in [1.165, 1.54) is 0 Å². The van der Waals surface area contributed by atoms with Crippen LogP contribution in [0.3, 0.4) is 0 Å². The summed E-state index contributed by atoms with van der Waals surface area (Å²) < 4.78 is 21.7. The Morgan fingerprint density at radius 3 is 2.11 bits per heavy atom. The molecule has 0 saturated heterocycles. The number of rotatable bonds is 11. The van der Waals surface area contributed by atoms with Gasteiger partial charge in [0.1, 0.15) is 11.5 Å². The van der Waals surface area contributed by atoms with Gasteiger partial charge in [-0.3, -0.25) is 0 Å². The highest BCUT2D eigenvalue weighted by Gasteiger charge is 2.22. The van der Waals surface area contributed by atoms with Crippen LogP contribution in [0.5, 0.6) is 11.5 Å². The van der Waals surface area contributed by atoms with Crippen LogP contribution in [0.15, 0.2) is 36.4 Å². The van der Waals surface area contributed by atoms with Crippen molar-refractivity contribution in [1.29, 1.82) is 0 Å². The van der Waals surface area contributed by atoms with Gasteiger partial charge in [-0.25, -0.2) is 0 Å². The van der Waals surface area contributed by atoms with E-state index < -0.39 is 6.10 Å². The molecule has 0 aliphatic carbocycles. The van der Waals surface area contributed by atoms with Crippen molar-refractivity contribution in [2.75, 3.05) is 34.4 Å². The molecule has 0 aliphatic rings. The van der Waals surface area contributed by atoms with Crippen molar-refractivity contribution >= 4 is 0 Å². The smallest absolute Gasteiger partial charge is 0.188 e. The molecule has 0 aromatic heterocycles. The van der Waals surface area contributed by atoms with E-state index in [1.54, 1.807) is 14.2 Å². The first-order chi connectivity index (χ1) is 13.2. The van der Waals surface area contributed by atoms with Crippen LogP contribution in [0, 0.1) is 0 Å². The summed E-state index contributed by atoms with van der Waals surface area (Å²) in [6.45, 7) is 1.88. The quantitative estimate of drug-likeness (QED) is 0.587. The second-order valence-corrected chi connectivity index (χ2v) is 6.07. The minimum atomic E-state index is -0.884. The fraction of sp³-hybridized carbons (Fsp3) is 0.429. The number of ether oxygens (including phenoxy) is 4. The molecule has 0 saturated carbocycles. The second kappa shape index (κ2) is 10.9. The maximum absolute atomic E-state index is 10.2. The summed E-state index contributed by atoms with van der Waals surface area (Å²) in [5, 5.41) is 19.5. The normalized spacial score (nSPS) is 12.0. The van der Waals surface area contributed by atoms with E-state index in [1.807, 2.05) is 43.3 Å². The third-order valence-electron chi connectivity index (χ3n) is 4.20. The standard InChI is InChI=1S/C21H28O6/c1-4-17-18(10-16(23)12-22)21(15-8-6-5-7-9-15)20(27-14-25-3)11-19(17)26-13-24-2/h5-9,11,16,22-23H,4,10,12-14H2,1-3H3. The third-order valence-corrected chi connectivity index (χ3v) is 4.20. The third kappa shape index (κ3) is 5.43. The molecule has 6 heteroatoms. The Bertz CT molecular complexity index is 702. The molecule has 148 valence electrons. The molecule has 2 rings (SSSR count). The first-order valence-corrected chi connectivity index (χ1v) is 8.92. The van der Waals surface area contributed by atoms with Gasteiger partial charge in [0.15, 0.2) is 13.6 Å². The summed E-state index contributed by atoms with van der Waals surface area (Å²) in [7, 11) is 3.12. The fourth-order valence-corrected chi connectivity index (χ4v) is 3.05. The van der Waals surface area contributed by atoms with Crippen molar-refractivity contribution in [2.24, 2.45) is 0 Å². The lowest BCUT2D eigenvalue weighted by atomic mass is 9.89. The highest BCUT2D eigenvalue weighted by atomic mass is 16.7. The topological polar surface area (TPSA) is 77.4 Å². The van der Waals surface area contributed by atoms with Gasteiger partial charge in [0.25, 0.3) is 0 Å². The Hall–Kier alpha value is -2.12. The number of hydrogen-bond donors (Lipinski definition) is 2. The number of benzene rings is 2. The van der Waals surface area contributed by atoms with Crippen LogP contribution in [0.1, 0.15) is 18.1 Å². The van der Waals surface area contributed by atoms with Crippen molar-refractivity contribution in [3.05, 3.63) is 47.5 Å². The molecule has 0 spiro atoms. The lowest BCUT2D eigenvalue weighted by Gasteiger charge is -2.23. The molecule has 1 atom stereocenters. The maximum Gasteiger partial charge on any atom is 0.188 e. The highest BCUT2D eigenvalue weighted by Crippen LogP contribution is 2.41. The Kier molecular flexibility index (Phi) is 8.54. The van der Waals surface area contributed by atoms with E-state index in [4.69, 9.17) is 18.9 Å². The molecule has 0 heterocycles. The first-order valence-electron chi connectivity index (χ1n) is 8.92. The molecule has 27 heavy (non-hydrogen) atoms. The predicted octanol–water partition coefficient (Wildman–Crippen LogP) is 2.78. The van der Waals surface area contributed by atoms with E-state index >= 15 is 0 Å². The second-order valence-electron chi connectivity index (χ2n) is 6.07. The molecule has 1 unspecified atom stereocenters.